The molecule has 1 unspecified atom stereocenters. The van der Waals surface area contributed by atoms with Gasteiger partial charge in [0.15, 0.2) is 0 Å². The molecular formula is C21H26N2O3. The number of nitrogens with one attached hydrogen (secondary N) is 1. The Morgan fingerprint density at radius 3 is 2.38 bits per heavy atom. The topological polar surface area (TPSA) is 50.8 Å². The van der Waals surface area contributed by atoms with Crippen LogP contribution in [0.25, 0.3) is 0 Å². The smallest absolute Gasteiger partial charge is 0.251 e. The van der Waals surface area contributed by atoms with Gasteiger partial charge in [0.1, 0.15) is 5.75 Å². The number of carbonyl (C=O) groups excluding carboxylic acids is 1. The van der Waals surface area contributed by atoms with Gasteiger partial charge in [0, 0.05) is 24.3 Å². The lowest BCUT2D eigenvalue weighted by atomic mass is 10.1. The van der Waals surface area contributed by atoms with E-state index >= 15 is 0 Å². The van der Waals surface area contributed by atoms with Gasteiger partial charge in [0.05, 0.1) is 25.9 Å². The number of hydrogen-bond acceptors (Lipinski definition) is 4. The minimum absolute atomic E-state index is 0.0695. The molecule has 2 aromatic rings. The van der Waals surface area contributed by atoms with Gasteiger partial charge in [-0.2, -0.15) is 0 Å². The van der Waals surface area contributed by atoms with Crippen molar-refractivity contribution in [1.82, 2.24) is 5.32 Å². The number of anilines is 1. The largest absolute Gasteiger partial charge is 0.494 e. The Kier molecular flexibility index (Phi) is 6.12. The number of carbonyl (C=O) groups is 1. The zero-order chi connectivity index (χ0) is 18.4. The standard InChI is InChI=1S/C21H26N2O3/c1-3-26-20-10-6-17(7-11-20)16(2)22-21(24)18-4-8-19(9-5-18)23-12-14-25-15-13-23/h4-11,16H,3,12-15H2,1-2H3,(H,22,24). The molecule has 0 aromatic heterocycles. The second kappa shape index (κ2) is 8.72. The minimum Gasteiger partial charge on any atom is -0.494 e. The lowest BCUT2D eigenvalue weighted by Crippen LogP contribution is -2.36. The fourth-order valence-electron chi connectivity index (χ4n) is 3.03. The Morgan fingerprint density at radius 2 is 1.77 bits per heavy atom. The number of benzene rings is 2. The first kappa shape index (κ1) is 18.3. The molecule has 0 saturated carbocycles. The van der Waals surface area contributed by atoms with Crippen molar-refractivity contribution in [2.45, 2.75) is 19.9 Å². The third kappa shape index (κ3) is 4.55. The second-order valence-electron chi connectivity index (χ2n) is 6.34. The minimum atomic E-state index is -0.0721. The normalized spacial score (nSPS) is 15.4. The van der Waals surface area contributed by atoms with E-state index in [1.165, 1.54) is 0 Å². The van der Waals surface area contributed by atoms with E-state index in [1.807, 2.05) is 62.4 Å². The van der Waals surface area contributed by atoms with E-state index in [-0.39, 0.29) is 11.9 Å². The summed E-state index contributed by atoms with van der Waals surface area (Å²) < 4.78 is 10.8. The molecule has 0 aliphatic carbocycles. The first-order valence-corrected chi connectivity index (χ1v) is 9.13. The van der Waals surface area contributed by atoms with Crippen molar-refractivity contribution in [2.75, 3.05) is 37.8 Å². The third-order valence-electron chi connectivity index (χ3n) is 4.54. The van der Waals surface area contributed by atoms with Crippen LogP contribution in [0.5, 0.6) is 5.75 Å². The zero-order valence-electron chi connectivity index (χ0n) is 15.4. The van der Waals surface area contributed by atoms with Gasteiger partial charge in [-0.1, -0.05) is 12.1 Å². The van der Waals surface area contributed by atoms with E-state index < -0.39 is 0 Å². The van der Waals surface area contributed by atoms with Gasteiger partial charge in [-0.05, 0) is 55.8 Å². The molecule has 1 N–H and O–H groups in total. The van der Waals surface area contributed by atoms with Crippen LogP contribution in [0.1, 0.15) is 35.8 Å². The molecule has 0 bridgehead atoms. The lowest BCUT2D eigenvalue weighted by Gasteiger charge is -2.28. The van der Waals surface area contributed by atoms with Crippen molar-refractivity contribution in [2.24, 2.45) is 0 Å². The molecule has 1 aliphatic heterocycles. The average Bonchev–Trinajstić information content (AvgIpc) is 2.69. The Labute approximate surface area is 154 Å². The van der Waals surface area contributed by atoms with Gasteiger partial charge in [-0.15, -0.1) is 0 Å². The van der Waals surface area contributed by atoms with E-state index in [1.54, 1.807) is 0 Å². The summed E-state index contributed by atoms with van der Waals surface area (Å²) in [6, 6.07) is 15.5. The van der Waals surface area contributed by atoms with Crippen LogP contribution in [0.3, 0.4) is 0 Å². The monoisotopic (exact) mass is 354 g/mol. The summed E-state index contributed by atoms with van der Waals surface area (Å²) in [5, 5.41) is 3.05. The van der Waals surface area contributed by atoms with Crippen LogP contribution >= 0.6 is 0 Å². The highest BCUT2D eigenvalue weighted by atomic mass is 16.5. The average molecular weight is 354 g/mol. The summed E-state index contributed by atoms with van der Waals surface area (Å²) in [4.78, 5) is 14.8. The molecule has 1 saturated heterocycles. The van der Waals surface area contributed by atoms with E-state index in [4.69, 9.17) is 9.47 Å². The van der Waals surface area contributed by atoms with Crippen LogP contribution < -0.4 is 15.0 Å². The van der Waals surface area contributed by atoms with E-state index in [2.05, 4.69) is 10.2 Å². The molecule has 1 heterocycles. The maximum absolute atomic E-state index is 12.5. The Hall–Kier alpha value is -2.53. The second-order valence-corrected chi connectivity index (χ2v) is 6.34. The molecule has 0 radical (unpaired) electrons. The van der Waals surface area contributed by atoms with Crippen molar-refractivity contribution >= 4 is 11.6 Å². The predicted octanol–water partition coefficient (Wildman–Crippen LogP) is 3.41. The number of rotatable bonds is 6. The fourth-order valence-corrected chi connectivity index (χ4v) is 3.03. The number of ether oxygens (including phenoxy) is 2. The van der Waals surface area contributed by atoms with Crippen LogP contribution in [0.4, 0.5) is 5.69 Å². The van der Waals surface area contributed by atoms with Gasteiger partial charge in [0.25, 0.3) is 5.91 Å². The fraction of sp³-hybridized carbons (Fsp3) is 0.381. The molecule has 1 amide bonds. The van der Waals surface area contributed by atoms with Crippen molar-refractivity contribution in [3.05, 3.63) is 59.7 Å². The van der Waals surface area contributed by atoms with Crippen LogP contribution in [0.2, 0.25) is 0 Å². The van der Waals surface area contributed by atoms with Crippen molar-refractivity contribution in [3.63, 3.8) is 0 Å². The number of morpholine rings is 1. The lowest BCUT2D eigenvalue weighted by molar-refractivity contribution is 0.0940. The number of hydrogen-bond donors (Lipinski definition) is 1. The van der Waals surface area contributed by atoms with Gasteiger partial charge < -0.3 is 19.7 Å². The summed E-state index contributed by atoms with van der Waals surface area (Å²) in [6.07, 6.45) is 0. The Balaban J connectivity index is 1.59. The summed E-state index contributed by atoms with van der Waals surface area (Å²) >= 11 is 0. The molecule has 1 aliphatic rings. The van der Waals surface area contributed by atoms with Crippen LogP contribution in [0.15, 0.2) is 48.5 Å². The molecule has 0 spiro atoms. The van der Waals surface area contributed by atoms with Crippen LogP contribution in [0, 0.1) is 0 Å². The molecule has 1 fully saturated rings. The Morgan fingerprint density at radius 1 is 1.12 bits per heavy atom. The van der Waals surface area contributed by atoms with Crippen molar-refractivity contribution in [3.8, 4) is 5.75 Å². The molecule has 3 rings (SSSR count). The summed E-state index contributed by atoms with van der Waals surface area (Å²) in [5.74, 6) is 0.772. The molecule has 138 valence electrons. The SMILES string of the molecule is CCOc1ccc(C(C)NC(=O)c2ccc(N3CCOCC3)cc2)cc1. The quantitative estimate of drug-likeness (QED) is 0.864. The number of nitrogens with zero attached hydrogens (tertiary/aromatic N) is 1. The van der Waals surface area contributed by atoms with Crippen molar-refractivity contribution in [1.29, 1.82) is 0 Å². The van der Waals surface area contributed by atoms with Crippen molar-refractivity contribution < 1.29 is 14.3 Å². The Bertz CT molecular complexity index is 707. The highest BCUT2D eigenvalue weighted by molar-refractivity contribution is 5.94. The molecule has 5 nitrogen and oxygen atoms in total. The number of amides is 1. The summed E-state index contributed by atoms with van der Waals surface area (Å²) in [5.41, 5.74) is 2.84. The van der Waals surface area contributed by atoms with Gasteiger partial charge in [-0.3, -0.25) is 4.79 Å². The van der Waals surface area contributed by atoms with Gasteiger partial charge >= 0.3 is 0 Å². The van der Waals surface area contributed by atoms with E-state index in [0.717, 1.165) is 43.3 Å². The van der Waals surface area contributed by atoms with E-state index in [0.29, 0.717) is 12.2 Å². The van der Waals surface area contributed by atoms with E-state index in [9.17, 15) is 4.79 Å². The first-order valence-electron chi connectivity index (χ1n) is 9.13. The van der Waals surface area contributed by atoms with Crippen LogP contribution in [-0.4, -0.2) is 38.8 Å². The summed E-state index contributed by atoms with van der Waals surface area (Å²) in [6.45, 7) is 7.87. The van der Waals surface area contributed by atoms with Gasteiger partial charge in [0.2, 0.25) is 0 Å². The molecular weight excluding hydrogens is 328 g/mol. The predicted molar refractivity (Wildman–Crippen MR) is 103 cm³/mol. The third-order valence-corrected chi connectivity index (χ3v) is 4.54. The molecule has 2 aromatic carbocycles. The summed E-state index contributed by atoms with van der Waals surface area (Å²) in [7, 11) is 0. The highest BCUT2D eigenvalue weighted by Gasteiger charge is 2.14. The molecule has 1 atom stereocenters. The molecule has 5 heteroatoms. The van der Waals surface area contributed by atoms with Gasteiger partial charge in [-0.25, -0.2) is 0 Å². The first-order chi connectivity index (χ1) is 12.7. The van der Waals surface area contributed by atoms with Crippen LogP contribution in [-0.2, 0) is 4.74 Å². The maximum Gasteiger partial charge on any atom is 0.251 e. The maximum atomic E-state index is 12.5. The highest BCUT2D eigenvalue weighted by Crippen LogP contribution is 2.20. The zero-order valence-corrected chi connectivity index (χ0v) is 15.4. The molecule has 26 heavy (non-hydrogen) atoms.